The smallest absolute Gasteiger partial charge is 0.345 e. The quantitative estimate of drug-likeness (QED) is 0.681. The Morgan fingerprint density at radius 1 is 1.45 bits per heavy atom. The van der Waals surface area contributed by atoms with Crippen molar-refractivity contribution >= 4 is 27.4 Å². The topological polar surface area (TPSA) is 101 Å². The molecule has 0 aromatic carbocycles. The lowest BCUT2D eigenvalue weighted by Crippen LogP contribution is -2.32. The highest BCUT2D eigenvalue weighted by atomic mass is 32.1. The molecule has 1 fully saturated rings. The molecule has 9 heteroatoms. The van der Waals surface area contributed by atoms with E-state index in [1.807, 2.05) is 0 Å². The number of aromatic nitrogens is 2. The van der Waals surface area contributed by atoms with E-state index in [1.54, 1.807) is 29.3 Å². The molecule has 0 saturated carbocycles. The molecule has 0 bridgehead atoms. The summed E-state index contributed by atoms with van der Waals surface area (Å²) in [5.41, 5.74) is 0.424. The summed E-state index contributed by atoms with van der Waals surface area (Å²) in [5, 5.41) is 14.3. The maximum atomic E-state index is 12.3. The number of nitrogens with one attached hydrogen (secondary N) is 1. The Morgan fingerprint density at radius 2 is 2.32 bits per heavy atom. The molecule has 1 amide bonds. The molecule has 1 aliphatic rings. The Labute approximate surface area is 130 Å². The molecule has 1 aliphatic heterocycles. The summed E-state index contributed by atoms with van der Waals surface area (Å²) in [6, 6.07) is 5.27. The fraction of sp³-hybridized carbons (Fsp3) is 0.308. The molecule has 2 aromatic rings. The van der Waals surface area contributed by atoms with Gasteiger partial charge < -0.3 is 10.2 Å². The van der Waals surface area contributed by atoms with E-state index in [0.29, 0.717) is 23.9 Å². The molecule has 0 spiro atoms. The number of nitrogens with zero attached hydrogens (tertiary/aromatic N) is 4. The Kier molecular flexibility index (Phi) is 3.96. The van der Waals surface area contributed by atoms with Gasteiger partial charge in [0.25, 0.3) is 5.91 Å². The van der Waals surface area contributed by atoms with Gasteiger partial charge in [-0.1, -0.05) is 6.07 Å². The summed E-state index contributed by atoms with van der Waals surface area (Å²) in [7, 11) is 0. The SMILES string of the molecule is O=C(c1ccccn1)N1CC[C@H](Nc2ncc([N+](=O)[O-])s2)C1. The van der Waals surface area contributed by atoms with Crippen molar-refractivity contribution in [2.45, 2.75) is 12.5 Å². The zero-order chi connectivity index (χ0) is 15.5. The zero-order valence-corrected chi connectivity index (χ0v) is 12.3. The third-order valence-electron chi connectivity index (χ3n) is 3.36. The van der Waals surface area contributed by atoms with E-state index in [1.165, 1.54) is 6.20 Å². The van der Waals surface area contributed by atoms with Crippen LogP contribution in [0.15, 0.2) is 30.6 Å². The number of carbonyl (C=O) groups excluding carboxylic acids is 1. The second-order valence-electron chi connectivity index (χ2n) is 4.86. The molecule has 0 unspecified atom stereocenters. The first-order valence-electron chi connectivity index (χ1n) is 6.70. The van der Waals surface area contributed by atoms with E-state index in [-0.39, 0.29) is 17.0 Å². The number of nitro groups is 1. The first-order valence-corrected chi connectivity index (χ1v) is 7.52. The van der Waals surface area contributed by atoms with Crippen molar-refractivity contribution in [2.24, 2.45) is 0 Å². The predicted molar refractivity (Wildman–Crippen MR) is 80.9 cm³/mol. The van der Waals surface area contributed by atoms with Crippen LogP contribution in [0.2, 0.25) is 0 Å². The van der Waals surface area contributed by atoms with Crippen molar-refractivity contribution in [1.82, 2.24) is 14.9 Å². The highest BCUT2D eigenvalue weighted by Crippen LogP contribution is 2.27. The van der Waals surface area contributed by atoms with Gasteiger partial charge in [0.2, 0.25) is 0 Å². The van der Waals surface area contributed by atoms with Crippen molar-refractivity contribution < 1.29 is 9.72 Å². The van der Waals surface area contributed by atoms with E-state index in [9.17, 15) is 14.9 Å². The fourth-order valence-electron chi connectivity index (χ4n) is 2.31. The van der Waals surface area contributed by atoms with Gasteiger partial charge in [-0.25, -0.2) is 4.98 Å². The number of rotatable bonds is 4. The zero-order valence-electron chi connectivity index (χ0n) is 11.5. The maximum absolute atomic E-state index is 12.3. The molecule has 1 atom stereocenters. The van der Waals surface area contributed by atoms with Crippen LogP contribution in [0.1, 0.15) is 16.9 Å². The molecule has 2 aromatic heterocycles. The molecule has 8 nitrogen and oxygen atoms in total. The molecule has 3 heterocycles. The third kappa shape index (κ3) is 3.03. The van der Waals surface area contributed by atoms with Crippen LogP contribution in [0, 0.1) is 10.1 Å². The van der Waals surface area contributed by atoms with Crippen molar-refractivity contribution in [2.75, 3.05) is 18.4 Å². The van der Waals surface area contributed by atoms with Crippen molar-refractivity contribution in [1.29, 1.82) is 0 Å². The summed E-state index contributed by atoms with van der Waals surface area (Å²) in [5.74, 6) is -0.102. The Bertz CT molecular complexity index is 690. The molecule has 114 valence electrons. The van der Waals surface area contributed by atoms with Crippen LogP contribution in [-0.4, -0.2) is 44.8 Å². The van der Waals surface area contributed by atoms with Crippen LogP contribution < -0.4 is 5.32 Å². The lowest BCUT2D eigenvalue weighted by atomic mass is 10.3. The number of thiazole rings is 1. The molecular weight excluding hydrogens is 306 g/mol. The van der Waals surface area contributed by atoms with E-state index in [4.69, 9.17) is 0 Å². The van der Waals surface area contributed by atoms with Gasteiger partial charge in [-0.15, -0.1) is 0 Å². The first-order chi connectivity index (χ1) is 10.6. The summed E-state index contributed by atoms with van der Waals surface area (Å²) >= 11 is 0.997. The van der Waals surface area contributed by atoms with E-state index < -0.39 is 4.92 Å². The van der Waals surface area contributed by atoms with Gasteiger partial charge in [0.15, 0.2) is 5.13 Å². The normalized spacial score (nSPS) is 17.5. The standard InChI is InChI=1S/C13H13N5O3S/c19-12(10-3-1-2-5-14-10)17-6-4-9(8-17)16-13-15-7-11(22-13)18(20)21/h1-3,5,7,9H,4,6,8H2,(H,15,16)/t9-/m0/s1. The number of pyridine rings is 1. The second kappa shape index (κ2) is 6.06. The monoisotopic (exact) mass is 319 g/mol. The predicted octanol–water partition coefficient (Wildman–Crippen LogP) is 1.77. The molecular formula is C13H13N5O3S. The van der Waals surface area contributed by atoms with Crippen LogP contribution in [0.3, 0.4) is 0 Å². The number of amides is 1. The Balaban J connectivity index is 1.60. The number of carbonyl (C=O) groups is 1. The molecule has 1 N–H and O–H groups in total. The van der Waals surface area contributed by atoms with Crippen LogP contribution in [0.4, 0.5) is 10.1 Å². The van der Waals surface area contributed by atoms with Gasteiger partial charge >= 0.3 is 5.00 Å². The van der Waals surface area contributed by atoms with Gasteiger partial charge in [-0.05, 0) is 29.9 Å². The van der Waals surface area contributed by atoms with Gasteiger partial charge in [0, 0.05) is 25.3 Å². The lowest BCUT2D eigenvalue weighted by molar-refractivity contribution is -0.380. The highest BCUT2D eigenvalue weighted by Gasteiger charge is 2.28. The molecule has 3 rings (SSSR count). The first kappa shape index (κ1) is 14.4. The maximum Gasteiger partial charge on any atom is 0.345 e. The summed E-state index contributed by atoms with van der Waals surface area (Å²) in [4.78, 5) is 32.2. The second-order valence-corrected chi connectivity index (χ2v) is 5.87. The van der Waals surface area contributed by atoms with Crippen LogP contribution in [0.5, 0.6) is 0 Å². The van der Waals surface area contributed by atoms with Crippen molar-refractivity contribution in [3.05, 3.63) is 46.4 Å². The molecule has 1 saturated heterocycles. The molecule has 0 aliphatic carbocycles. The number of hydrogen-bond donors (Lipinski definition) is 1. The molecule has 22 heavy (non-hydrogen) atoms. The minimum absolute atomic E-state index is 0.00177. The lowest BCUT2D eigenvalue weighted by Gasteiger charge is -2.16. The Morgan fingerprint density at radius 3 is 3.00 bits per heavy atom. The number of anilines is 1. The number of hydrogen-bond acceptors (Lipinski definition) is 7. The summed E-state index contributed by atoms with van der Waals surface area (Å²) in [6.45, 7) is 1.16. The van der Waals surface area contributed by atoms with Crippen LogP contribution in [0.25, 0.3) is 0 Å². The fourth-order valence-corrected chi connectivity index (χ4v) is 3.01. The van der Waals surface area contributed by atoms with Crippen LogP contribution >= 0.6 is 11.3 Å². The average Bonchev–Trinajstić information content (AvgIpc) is 3.17. The third-order valence-corrected chi connectivity index (χ3v) is 4.24. The average molecular weight is 319 g/mol. The summed E-state index contributed by atoms with van der Waals surface area (Å²) < 4.78 is 0. The van der Waals surface area contributed by atoms with Gasteiger partial charge in [0.05, 0.1) is 4.92 Å². The minimum Gasteiger partial charge on any atom is -0.357 e. The molecule has 0 radical (unpaired) electrons. The van der Waals surface area contributed by atoms with Crippen LogP contribution in [-0.2, 0) is 0 Å². The van der Waals surface area contributed by atoms with Gasteiger partial charge in [0.1, 0.15) is 11.9 Å². The summed E-state index contributed by atoms with van der Waals surface area (Å²) in [6.07, 6.45) is 3.60. The van der Waals surface area contributed by atoms with E-state index in [0.717, 1.165) is 17.8 Å². The van der Waals surface area contributed by atoms with Gasteiger partial charge in [-0.3, -0.25) is 19.9 Å². The highest BCUT2D eigenvalue weighted by molar-refractivity contribution is 7.18. The number of likely N-dealkylation sites (tertiary alicyclic amines) is 1. The van der Waals surface area contributed by atoms with E-state index in [2.05, 4.69) is 15.3 Å². The van der Waals surface area contributed by atoms with Crippen molar-refractivity contribution in [3.8, 4) is 0 Å². The van der Waals surface area contributed by atoms with E-state index >= 15 is 0 Å². The minimum atomic E-state index is -0.464. The Hall–Kier alpha value is -2.55. The largest absolute Gasteiger partial charge is 0.357 e. The van der Waals surface area contributed by atoms with Gasteiger partial charge in [-0.2, -0.15) is 0 Å². The van der Waals surface area contributed by atoms with Crippen molar-refractivity contribution in [3.63, 3.8) is 0 Å².